The van der Waals surface area contributed by atoms with Crippen molar-refractivity contribution in [3.63, 3.8) is 0 Å². The van der Waals surface area contributed by atoms with Gasteiger partial charge in [-0.25, -0.2) is 4.98 Å². The van der Waals surface area contributed by atoms with Crippen LogP contribution in [0.2, 0.25) is 0 Å². The fourth-order valence-electron chi connectivity index (χ4n) is 2.34. The highest BCUT2D eigenvalue weighted by atomic mass is 79.9. The Bertz CT molecular complexity index is 782. The van der Waals surface area contributed by atoms with E-state index >= 15 is 0 Å². The first kappa shape index (κ1) is 16.5. The molecule has 0 saturated carbocycles. The van der Waals surface area contributed by atoms with Gasteiger partial charge in [0.05, 0.1) is 11.0 Å². The number of aromatic nitrogens is 2. The lowest BCUT2D eigenvalue weighted by Gasteiger charge is -2.07. The van der Waals surface area contributed by atoms with Gasteiger partial charge in [-0.15, -0.1) is 0 Å². The Balaban J connectivity index is 1.36. The highest BCUT2D eigenvalue weighted by Crippen LogP contribution is 2.15. The average molecular weight is 388 g/mol. The van der Waals surface area contributed by atoms with Crippen LogP contribution >= 0.6 is 15.9 Å². The molecule has 0 aliphatic rings. The van der Waals surface area contributed by atoms with Crippen molar-refractivity contribution in [1.82, 2.24) is 15.3 Å². The summed E-state index contributed by atoms with van der Waals surface area (Å²) in [5.41, 5.74) is 2.01. The summed E-state index contributed by atoms with van der Waals surface area (Å²) < 4.78 is 6.40. The van der Waals surface area contributed by atoms with Crippen LogP contribution in [0.15, 0.2) is 53.0 Å². The summed E-state index contributed by atoms with van der Waals surface area (Å²) in [7, 11) is 0. The Labute approximate surface area is 148 Å². The average Bonchev–Trinajstić information content (AvgIpc) is 3.01. The summed E-state index contributed by atoms with van der Waals surface area (Å²) in [4.78, 5) is 19.6. The number of aromatic amines is 1. The number of carbonyl (C=O) groups is 1. The maximum Gasteiger partial charge on any atom is 0.257 e. The van der Waals surface area contributed by atoms with Crippen LogP contribution in [0.25, 0.3) is 11.0 Å². The van der Waals surface area contributed by atoms with Crippen LogP contribution < -0.4 is 10.1 Å². The number of H-pyrrole nitrogens is 1. The molecule has 0 aliphatic carbocycles. The summed E-state index contributed by atoms with van der Waals surface area (Å²) in [5.74, 6) is 1.50. The van der Waals surface area contributed by atoms with E-state index in [1.165, 1.54) is 0 Å². The fourth-order valence-corrected chi connectivity index (χ4v) is 2.60. The number of imidazole rings is 1. The lowest BCUT2D eigenvalue weighted by atomic mass is 10.3. The summed E-state index contributed by atoms with van der Waals surface area (Å²) >= 11 is 3.36. The second-order valence-corrected chi connectivity index (χ2v) is 6.31. The lowest BCUT2D eigenvalue weighted by Crippen LogP contribution is -2.29. The largest absolute Gasteiger partial charge is 0.484 e. The van der Waals surface area contributed by atoms with Crippen LogP contribution in [-0.4, -0.2) is 29.0 Å². The molecule has 0 aliphatic heterocycles. The van der Waals surface area contributed by atoms with Crippen LogP contribution in [0.1, 0.15) is 12.2 Å². The first-order chi connectivity index (χ1) is 11.7. The minimum absolute atomic E-state index is 0.0201. The normalized spacial score (nSPS) is 10.7. The predicted molar refractivity (Wildman–Crippen MR) is 97.1 cm³/mol. The second kappa shape index (κ2) is 7.97. The van der Waals surface area contributed by atoms with Gasteiger partial charge in [0.15, 0.2) is 6.61 Å². The summed E-state index contributed by atoms with van der Waals surface area (Å²) in [6, 6.07) is 15.3. The summed E-state index contributed by atoms with van der Waals surface area (Å²) in [6.07, 6.45) is 1.62. The smallest absolute Gasteiger partial charge is 0.257 e. The number of hydrogen-bond donors (Lipinski definition) is 2. The third-order valence-corrected chi connectivity index (χ3v) is 4.06. The van der Waals surface area contributed by atoms with Gasteiger partial charge in [-0.1, -0.05) is 28.1 Å². The molecule has 3 aromatic rings. The van der Waals surface area contributed by atoms with E-state index in [-0.39, 0.29) is 12.5 Å². The number of benzene rings is 2. The van der Waals surface area contributed by atoms with E-state index in [4.69, 9.17) is 4.74 Å². The molecule has 24 heavy (non-hydrogen) atoms. The molecule has 5 nitrogen and oxygen atoms in total. The first-order valence-corrected chi connectivity index (χ1v) is 8.59. The molecule has 1 heterocycles. The predicted octanol–water partition coefficient (Wildman–Crippen LogP) is 3.45. The maximum absolute atomic E-state index is 11.8. The maximum atomic E-state index is 11.8. The Hall–Kier alpha value is -2.34. The van der Waals surface area contributed by atoms with Crippen molar-refractivity contribution in [2.45, 2.75) is 12.8 Å². The van der Waals surface area contributed by atoms with Gasteiger partial charge in [0.2, 0.25) is 0 Å². The Kier molecular flexibility index (Phi) is 5.48. The lowest BCUT2D eigenvalue weighted by molar-refractivity contribution is -0.123. The van der Waals surface area contributed by atoms with Gasteiger partial charge in [0.25, 0.3) is 5.91 Å². The molecule has 0 saturated heterocycles. The molecule has 1 aromatic heterocycles. The van der Waals surface area contributed by atoms with Crippen molar-refractivity contribution in [2.24, 2.45) is 0 Å². The van der Waals surface area contributed by atoms with E-state index in [2.05, 4.69) is 31.2 Å². The van der Waals surface area contributed by atoms with E-state index < -0.39 is 0 Å². The highest BCUT2D eigenvalue weighted by molar-refractivity contribution is 9.10. The number of halogens is 1. The number of para-hydroxylation sites is 2. The van der Waals surface area contributed by atoms with E-state index in [9.17, 15) is 4.79 Å². The number of aryl methyl sites for hydroxylation is 1. The molecule has 6 heteroatoms. The molecule has 0 unspecified atom stereocenters. The van der Waals surface area contributed by atoms with Crippen LogP contribution in [0.3, 0.4) is 0 Å². The zero-order valence-corrected chi connectivity index (χ0v) is 14.7. The summed E-state index contributed by atoms with van der Waals surface area (Å²) in [5, 5.41) is 2.85. The van der Waals surface area contributed by atoms with Crippen molar-refractivity contribution in [3.05, 3.63) is 58.8 Å². The van der Waals surface area contributed by atoms with E-state index in [1.807, 2.05) is 48.5 Å². The zero-order valence-electron chi connectivity index (χ0n) is 13.1. The van der Waals surface area contributed by atoms with Gasteiger partial charge in [-0.2, -0.15) is 0 Å². The molecule has 0 fully saturated rings. The number of rotatable bonds is 7. The molecule has 0 atom stereocenters. The molecule has 0 bridgehead atoms. The van der Waals surface area contributed by atoms with E-state index in [1.54, 1.807) is 0 Å². The topological polar surface area (TPSA) is 67.0 Å². The van der Waals surface area contributed by atoms with Crippen LogP contribution in [0.4, 0.5) is 0 Å². The van der Waals surface area contributed by atoms with Crippen molar-refractivity contribution in [2.75, 3.05) is 13.2 Å². The van der Waals surface area contributed by atoms with Crippen LogP contribution in [-0.2, 0) is 11.2 Å². The Morgan fingerprint density at radius 3 is 2.75 bits per heavy atom. The number of amides is 1. The molecule has 2 N–H and O–H groups in total. The van der Waals surface area contributed by atoms with Gasteiger partial charge >= 0.3 is 0 Å². The fraction of sp³-hybridized carbons (Fsp3) is 0.222. The molecule has 3 rings (SSSR count). The van der Waals surface area contributed by atoms with Crippen molar-refractivity contribution in [3.8, 4) is 5.75 Å². The van der Waals surface area contributed by atoms with Crippen LogP contribution in [0.5, 0.6) is 5.75 Å². The quantitative estimate of drug-likeness (QED) is 0.610. The third-order valence-electron chi connectivity index (χ3n) is 3.53. The number of nitrogens with one attached hydrogen (secondary N) is 2. The highest BCUT2D eigenvalue weighted by Gasteiger charge is 2.04. The molecule has 2 aromatic carbocycles. The van der Waals surface area contributed by atoms with Crippen molar-refractivity contribution < 1.29 is 9.53 Å². The molecule has 124 valence electrons. The van der Waals surface area contributed by atoms with Gasteiger partial charge < -0.3 is 15.0 Å². The molecular formula is C18H18BrN3O2. The van der Waals surface area contributed by atoms with Gasteiger partial charge in [0, 0.05) is 17.4 Å². The monoisotopic (exact) mass is 387 g/mol. The number of fused-ring (bicyclic) bond motifs is 1. The Morgan fingerprint density at radius 1 is 1.17 bits per heavy atom. The van der Waals surface area contributed by atoms with E-state index in [0.29, 0.717) is 12.3 Å². The summed E-state index contributed by atoms with van der Waals surface area (Å²) in [6.45, 7) is 0.617. The number of ether oxygens (including phenoxy) is 1. The van der Waals surface area contributed by atoms with Crippen LogP contribution in [0, 0.1) is 0 Å². The molecule has 1 amide bonds. The van der Waals surface area contributed by atoms with Gasteiger partial charge in [-0.3, -0.25) is 4.79 Å². The SMILES string of the molecule is O=C(COc1ccc(Br)cc1)NCCCc1nc2ccccc2[nH]1. The minimum Gasteiger partial charge on any atom is -0.484 e. The zero-order chi connectivity index (χ0) is 16.8. The molecule has 0 spiro atoms. The van der Waals surface area contributed by atoms with E-state index in [0.717, 1.165) is 34.2 Å². The number of carbonyl (C=O) groups excluding carboxylic acids is 1. The van der Waals surface area contributed by atoms with Crippen molar-refractivity contribution >= 4 is 32.9 Å². The van der Waals surface area contributed by atoms with Crippen molar-refractivity contribution in [1.29, 1.82) is 0 Å². The number of nitrogens with zero attached hydrogens (tertiary/aromatic N) is 1. The first-order valence-electron chi connectivity index (χ1n) is 7.79. The van der Waals surface area contributed by atoms with Gasteiger partial charge in [0.1, 0.15) is 11.6 Å². The third kappa shape index (κ3) is 4.58. The Morgan fingerprint density at radius 2 is 1.96 bits per heavy atom. The molecular weight excluding hydrogens is 370 g/mol. The second-order valence-electron chi connectivity index (χ2n) is 5.40. The van der Waals surface area contributed by atoms with Gasteiger partial charge in [-0.05, 0) is 42.8 Å². The molecule has 0 radical (unpaired) electrons. The standard InChI is InChI=1S/C18H18BrN3O2/c19-13-7-9-14(10-8-13)24-12-18(23)20-11-3-6-17-21-15-4-1-2-5-16(15)22-17/h1-2,4-5,7-10H,3,6,11-12H2,(H,20,23)(H,21,22). The number of hydrogen-bond acceptors (Lipinski definition) is 3. The minimum atomic E-state index is -0.123.